The van der Waals surface area contributed by atoms with Crippen molar-refractivity contribution in [3.8, 4) is 17.0 Å². The number of fused-ring (bicyclic) bond motifs is 1. The average molecular weight is 254 g/mol. The van der Waals surface area contributed by atoms with Crippen LogP contribution in [0.15, 0.2) is 36.8 Å². The molecule has 2 heterocycles. The highest BCUT2D eigenvalue weighted by Crippen LogP contribution is 2.23. The molecular formula is C14H14N4O. The van der Waals surface area contributed by atoms with E-state index in [0.717, 1.165) is 22.5 Å². The Morgan fingerprint density at radius 1 is 1.26 bits per heavy atom. The summed E-state index contributed by atoms with van der Waals surface area (Å²) in [4.78, 5) is 8.70. The molecule has 0 aliphatic carbocycles. The number of rotatable bonds is 2. The van der Waals surface area contributed by atoms with Crippen LogP contribution in [0.4, 0.5) is 5.69 Å². The van der Waals surface area contributed by atoms with E-state index in [0.29, 0.717) is 11.5 Å². The van der Waals surface area contributed by atoms with Gasteiger partial charge in [0.1, 0.15) is 0 Å². The van der Waals surface area contributed by atoms with Crippen LogP contribution in [0.25, 0.3) is 17.0 Å². The first-order chi connectivity index (χ1) is 9.17. The molecule has 0 fully saturated rings. The normalized spacial score (nSPS) is 10.8. The minimum Gasteiger partial charge on any atom is -0.494 e. The fourth-order valence-corrected chi connectivity index (χ4v) is 1.91. The highest BCUT2D eigenvalue weighted by molar-refractivity contribution is 5.67. The third kappa shape index (κ3) is 1.99. The number of nitrogen functional groups attached to an aromatic ring is 1. The molecular weight excluding hydrogens is 240 g/mol. The molecule has 0 bridgehead atoms. The van der Waals surface area contributed by atoms with Crippen molar-refractivity contribution in [3.63, 3.8) is 0 Å². The Labute approximate surface area is 110 Å². The molecule has 0 aliphatic heterocycles. The van der Waals surface area contributed by atoms with Crippen LogP contribution in [0.2, 0.25) is 0 Å². The van der Waals surface area contributed by atoms with E-state index in [2.05, 4.69) is 9.97 Å². The van der Waals surface area contributed by atoms with Crippen molar-refractivity contribution in [2.75, 3.05) is 12.8 Å². The Balaban J connectivity index is 2.11. The Kier molecular flexibility index (Phi) is 2.59. The average Bonchev–Trinajstić information content (AvgIpc) is 2.84. The van der Waals surface area contributed by atoms with Gasteiger partial charge < -0.3 is 10.5 Å². The second-order valence-electron chi connectivity index (χ2n) is 4.40. The van der Waals surface area contributed by atoms with Crippen LogP contribution < -0.4 is 10.5 Å². The quantitative estimate of drug-likeness (QED) is 0.713. The molecule has 0 saturated heterocycles. The van der Waals surface area contributed by atoms with E-state index in [1.54, 1.807) is 13.3 Å². The van der Waals surface area contributed by atoms with Gasteiger partial charge >= 0.3 is 0 Å². The molecule has 0 saturated carbocycles. The van der Waals surface area contributed by atoms with Crippen LogP contribution in [0.5, 0.6) is 5.75 Å². The molecule has 3 aromatic rings. The van der Waals surface area contributed by atoms with Crippen molar-refractivity contribution in [2.45, 2.75) is 6.92 Å². The molecule has 19 heavy (non-hydrogen) atoms. The second-order valence-corrected chi connectivity index (χ2v) is 4.40. The van der Waals surface area contributed by atoms with Gasteiger partial charge in [0.25, 0.3) is 0 Å². The Morgan fingerprint density at radius 3 is 2.84 bits per heavy atom. The molecule has 0 spiro atoms. The van der Waals surface area contributed by atoms with Crippen molar-refractivity contribution in [1.82, 2.24) is 14.4 Å². The largest absolute Gasteiger partial charge is 0.494 e. The number of hydrogen-bond acceptors (Lipinski definition) is 4. The number of anilines is 1. The number of aryl methyl sites for hydroxylation is 1. The smallest absolute Gasteiger partial charge is 0.234 e. The summed E-state index contributed by atoms with van der Waals surface area (Å²) in [6, 6.07) is 5.92. The number of methoxy groups -OCH3 is 1. The second kappa shape index (κ2) is 4.28. The predicted molar refractivity (Wildman–Crippen MR) is 74.1 cm³/mol. The summed E-state index contributed by atoms with van der Waals surface area (Å²) >= 11 is 0. The van der Waals surface area contributed by atoms with E-state index in [9.17, 15) is 0 Å². The molecule has 5 nitrogen and oxygen atoms in total. The summed E-state index contributed by atoms with van der Waals surface area (Å²) in [6.45, 7) is 1.98. The lowest BCUT2D eigenvalue weighted by molar-refractivity contribution is 0.410. The summed E-state index contributed by atoms with van der Waals surface area (Å²) in [5.41, 5.74) is 9.57. The first kappa shape index (κ1) is 11.5. The number of aromatic nitrogens is 3. The molecule has 96 valence electrons. The van der Waals surface area contributed by atoms with E-state index < -0.39 is 0 Å². The van der Waals surface area contributed by atoms with Crippen LogP contribution in [0.3, 0.4) is 0 Å². The molecule has 2 N–H and O–H groups in total. The standard InChI is InChI=1S/C14H14N4O/c1-9-3-4-10(5-12(9)15)13-8-18-7-11(19-2)6-16-14(18)17-13/h3-8H,15H2,1-2H3. The van der Waals surface area contributed by atoms with E-state index in [1.807, 2.05) is 41.9 Å². The molecule has 0 radical (unpaired) electrons. The van der Waals surface area contributed by atoms with Crippen molar-refractivity contribution in [1.29, 1.82) is 0 Å². The van der Waals surface area contributed by atoms with E-state index >= 15 is 0 Å². The molecule has 0 aliphatic rings. The van der Waals surface area contributed by atoms with Gasteiger partial charge in [-0.05, 0) is 18.6 Å². The summed E-state index contributed by atoms with van der Waals surface area (Å²) in [7, 11) is 1.61. The lowest BCUT2D eigenvalue weighted by Crippen LogP contribution is -1.90. The highest BCUT2D eigenvalue weighted by atomic mass is 16.5. The Hall–Kier alpha value is -2.56. The van der Waals surface area contributed by atoms with Gasteiger partial charge in [0.2, 0.25) is 5.78 Å². The minimum absolute atomic E-state index is 0.634. The zero-order chi connectivity index (χ0) is 13.4. The molecule has 5 heteroatoms. The summed E-state index contributed by atoms with van der Waals surface area (Å²) in [6.07, 6.45) is 5.40. The van der Waals surface area contributed by atoms with Gasteiger partial charge in [-0.3, -0.25) is 4.40 Å². The molecule has 0 atom stereocenters. The Morgan fingerprint density at radius 2 is 2.11 bits per heavy atom. The van der Waals surface area contributed by atoms with Crippen LogP contribution >= 0.6 is 0 Å². The Bertz CT molecular complexity index is 748. The third-order valence-corrected chi connectivity index (χ3v) is 3.10. The first-order valence-corrected chi connectivity index (χ1v) is 5.92. The van der Waals surface area contributed by atoms with Crippen molar-refractivity contribution < 1.29 is 4.74 Å². The van der Waals surface area contributed by atoms with Gasteiger partial charge in [0.05, 0.1) is 25.2 Å². The van der Waals surface area contributed by atoms with E-state index in [4.69, 9.17) is 10.5 Å². The highest BCUT2D eigenvalue weighted by Gasteiger charge is 2.07. The third-order valence-electron chi connectivity index (χ3n) is 3.10. The van der Waals surface area contributed by atoms with Crippen LogP contribution in [-0.4, -0.2) is 21.5 Å². The zero-order valence-corrected chi connectivity index (χ0v) is 10.8. The fourth-order valence-electron chi connectivity index (χ4n) is 1.91. The number of imidazole rings is 1. The maximum atomic E-state index is 5.93. The number of hydrogen-bond donors (Lipinski definition) is 1. The van der Waals surface area contributed by atoms with Gasteiger partial charge in [-0.15, -0.1) is 0 Å². The van der Waals surface area contributed by atoms with Gasteiger partial charge in [0.15, 0.2) is 5.75 Å². The predicted octanol–water partition coefficient (Wildman–Crippen LogP) is 2.30. The lowest BCUT2D eigenvalue weighted by Gasteiger charge is -2.01. The molecule has 2 aromatic heterocycles. The zero-order valence-electron chi connectivity index (χ0n) is 10.8. The van der Waals surface area contributed by atoms with Crippen molar-refractivity contribution >= 4 is 11.5 Å². The SMILES string of the molecule is COc1cnc2nc(-c3ccc(C)c(N)c3)cn2c1. The number of benzene rings is 1. The number of nitrogens with zero attached hydrogens (tertiary/aromatic N) is 3. The van der Waals surface area contributed by atoms with Crippen LogP contribution in [0.1, 0.15) is 5.56 Å². The fraction of sp³-hybridized carbons (Fsp3) is 0.143. The molecule has 0 unspecified atom stereocenters. The van der Waals surface area contributed by atoms with E-state index in [-0.39, 0.29) is 0 Å². The van der Waals surface area contributed by atoms with Gasteiger partial charge in [-0.1, -0.05) is 12.1 Å². The van der Waals surface area contributed by atoms with Gasteiger partial charge in [-0.25, -0.2) is 9.97 Å². The van der Waals surface area contributed by atoms with Crippen molar-refractivity contribution in [3.05, 3.63) is 42.4 Å². The minimum atomic E-state index is 0.634. The van der Waals surface area contributed by atoms with Gasteiger partial charge in [-0.2, -0.15) is 0 Å². The first-order valence-electron chi connectivity index (χ1n) is 5.92. The summed E-state index contributed by atoms with van der Waals surface area (Å²) < 4.78 is 6.98. The van der Waals surface area contributed by atoms with Gasteiger partial charge in [0, 0.05) is 17.4 Å². The topological polar surface area (TPSA) is 65.4 Å². The molecule has 3 rings (SSSR count). The molecule has 0 amide bonds. The van der Waals surface area contributed by atoms with Crippen LogP contribution in [-0.2, 0) is 0 Å². The maximum Gasteiger partial charge on any atom is 0.234 e. The summed E-state index contributed by atoms with van der Waals surface area (Å²) in [5.74, 6) is 1.33. The number of nitrogens with two attached hydrogens (primary N) is 1. The van der Waals surface area contributed by atoms with E-state index in [1.165, 1.54) is 0 Å². The molecule has 1 aromatic carbocycles. The monoisotopic (exact) mass is 254 g/mol. The van der Waals surface area contributed by atoms with Crippen LogP contribution in [0, 0.1) is 6.92 Å². The summed E-state index contributed by atoms with van der Waals surface area (Å²) in [5, 5.41) is 0. The number of ether oxygens (including phenoxy) is 1. The lowest BCUT2D eigenvalue weighted by atomic mass is 10.1. The maximum absolute atomic E-state index is 5.93. The van der Waals surface area contributed by atoms with Crippen molar-refractivity contribution in [2.24, 2.45) is 0 Å².